The van der Waals surface area contributed by atoms with Gasteiger partial charge in [0.05, 0.1) is 32.5 Å². The average molecular weight is 267 g/mol. The molecule has 0 rings (SSSR count). The van der Waals surface area contributed by atoms with Crippen LogP contribution in [-0.2, 0) is 14.2 Å². The number of hydrogen-bond acceptors (Lipinski definition) is 3. The maximum atomic E-state index is 5.86. The second-order valence-electron chi connectivity index (χ2n) is 4.10. The molecule has 0 aromatic carbocycles. The van der Waals surface area contributed by atoms with Crippen molar-refractivity contribution in [3.05, 3.63) is 0 Å². The van der Waals surface area contributed by atoms with Crippen LogP contribution in [0.5, 0.6) is 0 Å². The van der Waals surface area contributed by atoms with Crippen molar-refractivity contribution in [2.45, 2.75) is 45.1 Å². The lowest BCUT2D eigenvalue weighted by atomic mass is 10.1. The first-order valence-corrected chi connectivity index (χ1v) is 7.12. The molecule has 0 aromatic rings. The van der Waals surface area contributed by atoms with Gasteiger partial charge in [0, 0.05) is 13.0 Å². The zero-order chi connectivity index (χ0) is 12.8. The molecule has 17 heavy (non-hydrogen) atoms. The first-order valence-electron chi connectivity index (χ1n) is 6.59. The lowest BCUT2D eigenvalue weighted by Gasteiger charge is -2.15. The SMILES string of the molecule is CCCCCC[C@@H](CCl)OCCOCCOC. The Kier molecular flexibility index (Phi) is 14.4. The number of alkyl halides is 1. The highest BCUT2D eigenvalue weighted by Gasteiger charge is 2.06. The van der Waals surface area contributed by atoms with Gasteiger partial charge in [0.1, 0.15) is 0 Å². The molecule has 0 aromatic heterocycles. The fraction of sp³-hybridized carbons (Fsp3) is 1.00. The Morgan fingerprint density at radius 2 is 1.76 bits per heavy atom. The van der Waals surface area contributed by atoms with E-state index in [2.05, 4.69) is 6.92 Å². The maximum Gasteiger partial charge on any atom is 0.0711 e. The maximum absolute atomic E-state index is 5.86. The largest absolute Gasteiger partial charge is 0.382 e. The molecule has 0 heterocycles. The van der Waals surface area contributed by atoms with E-state index in [0.29, 0.717) is 32.3 Å². The number of methoxy groups -OCH3 is 1. The van der Waals surface area contributed by atoms with Gasteiger partial charge in [-0.3, -0.25) is 0 Å². The molecule has 1 atom stereocenters. The molecule has 104 valence electrons. The van der Waals surface area contributed by atoms with Crippen LogP contribution in [0.1, 0.15) is 39.0 Å². The van der Waals surface area contributed by atoms with Gasteiger partial charge in [-0.2, -0.15) is 0 Å². The smallest absolute Gasteiger partial charge is 0.0711 e. The standard InChI is InChI=1S/C13H27ClO3/c1-3-4-5-6-7-13(12-14)17-11-10-16-9-8-15-2/h13H,3-12H2,1-2H3/t13-/m0/s1. The normalized spacial score (nSPS) is 12.9. The molecular weight excluding hydrogens is 240 g/mol. The third kappa shape index (κ3) is 12.4. The molecule has 0 amide bonds. The predicted molar refractivity (Wildman–Crippen MR) is 71.9 cm³/mol. The van der Waals surface area contributed by atoms with Crippen LogP contribution in [0.2, 0.25) is 0 Å². The monoisotopic (exact) mass is 266 g/mol. The fourth-order valence-corrected chi connectivity index (χ4v) is 1.77. The average Bonchev–Trinajstić information content (AvgIpc) is 2.36. The summed E-state index contributed by atoms with van der Waals surface area (Å²) >= 11 is 5.86. The highest BCUT2D eigenvalue weighted by molar-refractivity contribution is 6.18. The van der Waals surface area contributed by atoms with Crippen molar-refractivity contribution in [3.8, 4) is 0 Å². The topological polar surface area (TPSA) is 27.7 Å². The molecule has 0 spiro atoms. The Morgan fingerprint density at radius 1 is 1.00 bits per heavy atom. The Hall–Kier alpha value is 0.170. The van der Waals surface area contributed by atoms with Crippen molar-refractivity contribution >= 4 is 11.6 Å². The molecule has 0 N–H and O–H groups in total. The Morgan fingerprint density at radius 3 is 2.41 bits per heavy atom. The van der Waals surface area contributed by atoms with E-state index in [9.17, 15) is 0 Å². The lowest BCUT2D eigenvalue weighted by molar-refractivity contribution is -0.00226. The quantitative estimate of drug-likeness (QED) is 0.378. The van der Waals surface area contributed by atoms with Crippen LogP contribution >= 0.6 is 11.6 Å². The number of halogens is 1. The number of hydrogen-bond donors (Lipinski definition) is 0. The molecule has 0 aliphatic carbocycles. The van der Waals surface area contributed by atoms with Crippen molar-refractivity contribution < 1.29 is 14.2 Å². The van der Waals surface area contributed by atoms with E-state index in [0.717, 1.165) is 6.42 Å². The Balaban J connectivity index is 3.28. The van der Waals surface area contributed by atoms with E-state index in [1.165, 1.54) is 25.7 Å². The summed E-state index contributed by atoms with van der Waals surface area (Å²) in [6.07, 6.45) is 6.28. The van der Waals surface area contributed by atoms with Crippen molar-refractivity contribution in [2.75, 3.05) is 39.4 Å². The van der Waals surface area contributed by atoms with Crippen LogP contribution in [0.25, 0.3) is 0 Å². The summed E-state index contributed by atoms with van der Waals surface area (Å²) in [5.41, 5.74) is 0. The van der Waals surface area contributed by atoms with E-state index < -0.39 is 0 Å². The number of ether oxygens (including phenoxy) is 3. The van der Waals surface area contributed by atoms with Crippen molar-refractivity contribution in [1.29, 1.82) is 0 Å². The summed E-state index contributed by atoms with van der Waals surface area (Å²) in [5, 5.41) is 0. The first-order chi connectivity index (χ1) is 8.35. The Labute approximate surface area is 111 Å². The molecule has 0 saturated carbocycles. The van der Waals surface area contributed by atoms with E-state index in [4.69, 9.17) is 25.8 Å². The van der Waals surface area contributed by atoms with Crippen molar-refractivity contribution in [1.82, 2.24) is 0 Å². The third-order valence-electron chi connectivity index (χ3n) is 2.56. The van der Waals surface area contributed by atoms with Gasteiger partial charge in [0.2, 0.25) is 0 Å². The first kappa shape index (κ1) is 17.2. The van der Waals surface area contributed by atoms with Crippen LogP contribution in [0.4, 0.5) is 0 Å². The minimum absolute atomic E-state index is 0.180. The van der Waals surface area contributed by atoms with Crippen LogP contribution in [0.3, 0.4) is 0 Å². The second kappa shape index (κ2) is 14.2. The molecule has 0 aliphatic rings. The summed E-state index contributed by atoms with van der Waals surface area (Å²) in [7, 11) is 1.67. The van der Waals surface area contributed by atoms with Crippen LogP contribution < -0.4 is 0 Å². The fourth-order valence-electron chi connectivity index (χ4n) is 1.52. The van der Waals surface area contributed by atoms with E-state index in [-0.39, 0.29) is 6.10 Å². The van der Waals surface area contributed by atoms with Crippen molar-refractivity contribution in [2.24, 2.45) is 0 Å². The van der Waals surface area contributed by atoms with Gasteiger partial charge in [0.15, 0.2) is 0 Å². The van der Waals surface area contributed by atoms with Gasteiger partial charge in [-0.25, -0.2) is 0 Å². The van der Waals surface area contributed by atoms with Crippen molar-refractivity contribution in [3.63, 3.8) is 0 Å². The van der Waals surface area contributed by atoms with Gasteiger partial charge >= 0.3 is 0 Å². The lowest BCUT2D eigenvalue weighted by Crippen LogP contribution is -2.18. The second-order valence-corrected chi connectivity index (χ2v) is 4.41. The zero-order valence-electron chi connectivity index (χ0n) is 11.3. The predicted octanol–water partition coefficient (Wildman–Crippen LogP) is 3.24. The van der Waals surface area contributed by atoms with Gasteiger partial charge in [0.25, 0.3) is 0 Å². The number of rotatable bonds is 13. The summed E-state index contributed by atoms with van der Waals surface area (Å²) in [5.74, 6) is 0.574. The molecular formula is C13H27ClO3. The van der Waals surface area contributed by atoms with Gasteiger partial charge in [-0.15, -0.1) is 11.6 Å². The molecule has 4 heteroatoms. The molecule has 0 bridgehead atoms. The summed E-state index contributed by atoms with van der Waals surface area (Å²) in [4.78, 5) is 0. The highest BCUT2D eigenvalue weighted by Crippen LogP contribution is 2.09. The summed E-state index contributed by atoms with van der Waals surface area (Å²) < 4.78 is 15.9. The molecule has 0 radical (unpaired) electrons. The Bertz CT molecular complexity index is 145. The van der Waals surface area contributed by atoms with Crippen LogP contribution in [0, 0.1) is 0 Å². The summed E-state index contributed by atoms with van der Waals surface area (Å²) in [6, 6.07) is 0. The van der Waals surface area contributed by atoms with Gasteiger partial charge in [-0.1, -0.05) is 32.6 Å². The van der Waals surface area contributed by atoms with E-state index in [1.807, 2.05) is 0 Å². The zero-order valence-corrected chi connectivity index (χ0v) is 12.0. The third-order valence-corrected chi connectivity index (χ3v) is 2.91. The minimum atomic E-state index is 0.180. The molecule has 0 aliphatic heterocycles. The van der Waals surface area contributed by atoms with Gasteiger partial charge in [-0.05, 0) is 6.42 Å². The number of unbranched alkanes of at least 4 members (excludes halogenated alkanes) is 3. The summed E-state index contributed by atoms with van der Waals surface area (Å²) in [6.45, 7) is 4.71. The molecule has 0 fully saturated rings. The van der Waals surface area contributed by atoms with Crippen LogP contribution in [0.15, 0.2) is 0 Å². The van der Waals surface area contributed by atoms with Gasteiger partial charge < -0.3 is 14.2 Å². The van der Waals surface area contributed by atoms with E-state index in [1.54, 1.807) is 7.11 Å². The highest BCUT2D eigenvalue weighted by atomic mass is 35.5. The molecule has 3 nitrogen and oxygen atoms in total. The van der Waals surface area contributed by atoms with E-state index >= 15 is 0 Å². The molecule has 0 saturated heterocycles. The van der Waals surface area contributed by atoms with Crippen LogP contribution in [-0.4, -0.2) is 45.5 Å². The molecule has 0 unspecified atom stereocenters. The minimum Gasteiger partial charge on any atom is -0.382 e.